The molecule has 0 spiro atoms. The number of para-hydroxylation sites is 1. The molecule has 4 nitrogen and oxygen atoms in total. The second-order valence-corrected chi connectivity index (χ2v) is 6.16. The van der Waals surface area contributed by atoms with Gasteiger partial charge in [0.2, 0.25) is 5.56 Å². The van der Waals surface area contributed by atoms with Gasteiger partial charge in [0.1, 0.15) is 0 Å². The lowest BCUT2D eigenvalue weighted by Crippen LogP contribution is -2.31. The molecule has 0 bridgehead atoms. The van der Waals surface area contributed by atoms with Crippen LogP contribution in [0.2, 0.25) is 0 Å². The van der Waals surface area contributed by atoms with Gasteiger partial charge in [0.05, 0.1) is 11.6 Å². The molecule has 120 valence electrons. The Bertz CT molecular complexity index is 947. The van der Waals surface area contributed by atoms with E-state index >= 15 is 0 Å². The van der Waals surface area contributed by atoms with Crippen molar-refractivity contribution < 1.29 is 4.79 Å². The minimum absolute atomic E-state index is 0.0661. The van der Waals surface area contributed by atoms with Crippen molar-refractivity contribution in [3.05, 3.63) is 82.1 Å². The molecule has 1 aliphatic rings. The number of H-pyrrole nitrogens is 1. The van der Waals surface area contributed by atoms with Gasteiger partial charge in [0, 0.05) is 23.5 Å². The van der Waals surface area contributed by atoms with Crippen molar-refractivity contribution in [3.63, 3.8) is 0 Å². The van der Waals surface area contributed by atoms with Gasteiger partial charge in [-0.25, -0.2) is 0 Å². The van der Waals surface area contributed by atoms with Crippen molar-refractivity contribution in [2.24, 2.45) is 0 Å². The van der Waals surface area contributed by atoms with E-state index < -0.39 is 0 Å². The van der Waals surface area contributed by atoms with Crippen LogP contribution in [0.4, 0.5) is 0 Å². The van der Waals surface area contributed by atoms with Crippen molar-refractivity contribution in [3.8, 4) is 0 Å². The first-order valence-electron chi connectivity index (χ1n) is 8.22. The zero-order chi connectivity index (χ0) is 16.5. The molecule has 0 aliphatic carbocycles. The Labute approximate surface area is 139 Å². The van der Waals surface area contributed by atoms with Crippen LogP contribution in [0.25, 0.3) is 10.9 Å². The Balaban J connectivity index is 1.77. The summed E-state index contributed by atoms with van der Waals surface area (Å²) in [5, 5.41) is 0.792. The van der Waals surface area contributed by atoms with Gasteiger partial charge in [0.15, 0.2) is 0 Å². The third-order valence-corrected chi connectivity index (χ3v) is 4.68. The molecule has 1 N–H and O–H groups in total. The Morgan fingerprint density at radius 3 is 2.62 bits per heavy atom. The molecule has 1 aliphatic heterocycles. The second kappa shape index (κ2) is 5.96. The number of carbonyl (C=O) groups is 1. The van der Waals surface area contributed by atoms with Crippen LogP contribution in [0.1, 0.15) is 34.8 Å². The molecule has 3 aromatic rings. The van der Waals surface area contributed by atoms with Crippen LogP contribution >= 0.6 is 0 Å². The first-order valence-corrected chi connectivity index (χ1v) is 8.22. The van der Waals surface area contributed by atoms with Crippen LogP contribution in [0.15, 0.2) is 65.5 Å². The van der Waals surface area contributed by atoms with Gasteiger partial charge in [-0.3, -0.25) is 9.59 Å². The lowest BCUT2D eigenvalue weighted by Gasteiger charge is -2.25. The van der Waals surface area contributed by atoms with Gasteiger partial charge in [-0.2, -0.15) is 0 Å². The largest absolute Gasteiger partial charge is 0.332 e. The third-order valence-electron chi connectivity index (χ3n) is 4.68. The maximum absolute atomic E-state index is 13.2. The van der Waals surface area contributed by atoms with Gasteiger partial charge < -0.3 is 9.88 Å². The summed E-state index contributed by atoms with van der Waals surface area (Å²) in [5.74, 6) is -0.0661. The summed E-state index contributed by atoms with van der Waals surface area (Å²) in [5.41, 5.74) is 2.09. The summed E-state index contributed by atoms with van der Waals surface area (Å²) >= 11 is 0. The molecule has 1 saturated heterocycles. The average Bonchev–Trinajstić information content (AvgIpc) is 3.11. The summed E-state index contributed by atoms with van der Waals surface area (Å²) in [6.07, 6.45) is 1.93. The van der Waals surface area contributed by atoms with E-state index in [4.69, 9.17) is 0 Å². The average molecular weight is 318 g/mol. The lowest BCUT2D eigenvalue weighted by molar-refractivity contribution is 0.0737. The Kier molecular flexibility index (Phi) is 3.65. The minimum Gasteiger partial charge on any atom is -0.332 e. The maximum atomic E-state index is 13.2. The number of rotatable bonds is 2. The highest BCUT2D eigenvalue weighted by Gasteiger charge is 2.31. The fraction of sp³-hybridized carbons (Fsp3) is 0.200. The number of pyridine rings is 1. The number of hydrogen-bond acceptors (Lipinski definition) is 2. The highest BCUT2D eigenvalue weighted by atomic mass is 16.2. The molecule has 0 radical (unpaired) electrons. The zero-order valence-corrected chi connectivity index (χ0v) is 13.2. The van der Waals surface area contributed by atoms with E-state index in [1.807, 2.05) is 47.4 Å². The van der Waals surface area contributed by atoms with Crippen molar-refractivity contribution in [2.75, 3.05) is 6.54 Å². The molecule has 24 heavy (non-hydrogen) atoms. The molecule has 2 aromatic carbocycles. The first-order chi connectivity index (χ1) is 11.7. The first kappa shape index (κ1) is 14.7. The van der Waals surface area contributed by atoms with E-state index in [9.17, 15) is 9.59 Å². The molecule has 4 heteroatoms. The number of aromatic nitrogens is 1. The van der Waals surface area contributed by atoms with Crippen LogP contribution in [0, 0.1) is 0 Å². The zero-order valence-electron chi connectivity index (χ0n) is 13.2. The quantitative estimate of drug-likeness (QED) is 0.786. The van der Waals surface area contributed by atoms with Crippen LogP contribution in [0.5, 0.6) is 0 Å². The molecular weight excluding hydrogens is 300 g/mol. The van der Waals surface area contributed by atoms with Crippen LogP contribution < -0.4 is 5.56 Å². The van der Waals surface area contributed by atoms with Gasteiger partial charge in [-0.1, -0.05) is 48.5 Å². The summed E-state index contributed by atoms with van der Waals surface area (Å²) in [6, 6.07) is 19.1. The number of nitrogens with zero attached hydrogens (tertiary/aromatic N) is 1. The number of fused-ring (bicyclic) bond motifs is 1. The van der Waals surface area contributed by atoms with Gasteiger partial charge in [-0.15, -0.1) is 0 Å². The molecule has 4 rings (SSSR count). The Morgan fingerprint density at radius 2 is 1.79 bits per heavy atom. The summed E-state index contributed by atoms with van der Waals surface area (Å²) < 4.78 is 0. The Hall–Kier alpha value is -2.88. The molecular formula is C20H18N2O2. The van der Waals surface area contributed by atoms with Crippen molar-refractivity contribution in [1.82, 2.24) is 9.88 Å². The van der Waals surface area contributed by atoms with Crippen molar-refractivity contribution >= 4 is 16.8 Å². The second-order valence-electron chi connectivity index (χ2n) is 6.16. The predicted octanol–water partition coefficient (Wildman–Crippen LogP) is 3.51. The number of likely N-dealkylation sites (tertiary alicyclic amines) is 1. The maximum Gasteiger partial charge on any atom is 0.255 e. The van der Waals surface area contributed by atoms with Crippen LogP contribution in [-0.2, 0) is 0 Å². The third kappa shape index (κ3) is 2.50. The summed E-state index contributed by atoms with van der Waals surface area (Å²) in [4.78, 5) is 29.8. The highest BCUT2D eigenvalue weighted by Crippen LogP contribution is 2.33. The highest BCUT2D eigenvalue weighted by molar-refractivity contribution is 6.06. The SMILES string of the molecule is O=C(c1cc(=O)[nH]c2ccccc12)N1CCC[C@H]1c1ccccc1. The normalized spacial score (nSPS) is 17.3. The number of nitrogens with one attached hydrogen (secondary N) is 1. The van der Waals surface area contributed by atoms with Crippen molar-refractivity contribution in [2.45, 2.75) is 18.9 Å². The standard InChI is InChI=1S/C20H18N2O2/c23-19-13-16(15-9-4-5-10-17(15)21-19)20(24)22-12-6-11-18(22)14-7-2-1-3-8-14/h1-5,7-10,13,18H,6,11-12H2,(H,21,23)/t18-/m0/s1. The number of aromatic amines is 1. The molecule has 0 unspecified atom stereocenters. The molecule has 1 amide bonds. The van der Waals surface area contributed by atoms with E-state index in [0.29, 0.717) is 11.1 Å². The molecule has 1 atom stereocenters. The fourth-order valence-electron chi connectivity index (χ4n) is 3.57. The summed E-state index contributed by atoms with van der Waals surface area (Å²) in [6.45, 7) is 0.722. The van der Waals surface area contributed by atoms with E-state index in [0.717, 1.165) is 30.3 Å². The smallest absolute Gasteiger partial charge is 0.255 e. The predicted molar refractivity (Wildman–Crippen MR) is 94.0 cm³/mol. The number of benzene rings is 2. The molecule has 1 fully saturated rings. The number of carbonyl (C=O) groups excluding carboxylic acids is 1. The van der Waals surface area contributed by atoms with Gasteiger partial charge in [0.25, 0.3) is 5.91 Å². The summed E-state index contributed by atoms with van der Waals surface area (Å²) in [7, 11) is 0. The Morgan fingerprint density at radius 1 is 1.04 bits per heavy atom. The number of amides is 1. The van der Waals surface area contributed by atoms with Crippen molar-refractivity contribution in [1.29, 1.82) is 0 Å². The minimum atomic E-state index is -0.243. The van der Waals surface area contributed by atoms with Gasteiger partial charge in [-0.05, 0) is 24.5 Å². The monoisotopic (exact) mass is 318 g/mol. The van der Waals surface area contributed by atoms with Crippen LogP contribution in [-0.4, -0.2) is 22.3 Å². The molecule has 2 heterocycles. The lowest BCUT2D eigenvalue weighted by atomic mass is 10.0. The van der Waals surface area contributed by atoms with E-state index in [-0.39, 0.29) is 17.5 Å². The molecule has 1 aromatic heterocycles. The van der Waals surface area contributed by atoms with Gasteiger partial charge >= 0.3 is 0 Å². The number of hydrogen-bond donors (Lipinski definition) is 1. The fourth-order valence-corrected chi connectivity index (χ4v) is 3.57. The topological polar surface area (TPSA) is 53.2 Å². The van der Waals surface area contributed by atoms with E-state index in [2.05, 4.69) is 17.1 Å². The molecule has 0 saturated carbocycles. The van der Waals surface area contributed by atoms with E-state index in [1.165, 1.54) is 6.07 Å². The van der Waals surface area contributed by atoms with E-state index in [1.54, 1.807) is 0 Å². The van der Waals surface area contributed by atoms with Crippen LogP contribution in [0.3, 0.4) is 0 Å².